The lowest BCUT2D eigenvalue weighted by atomic mass is 10.00. The van der Waals surface area contributed by atoms with Crippen molar-refractivity contribution in [3.63, 3.8) is 0 Å². The number of piperidine rings is 1. The van der Waals surface area contributed by atoms with Gasteiger partial charge in [-0.3, -0.25) is 4.99 Å². The summed E-state index contributed by atoms with van der Waals surface area (Å²) in [7, 11) is 1.77. The second kappa shape index (κ2) is 9.27. The molecule has 3 nitrogen and oxygen atoms in total. The summed E-state index contributed by atoms with van der Waals surface area (Å²) in [5, 5.41) is 3.27. The molecule has 0 atom stereocenters. The molecule has 2 rings (SSSR count). The molecule has 1 aliphatic rings. The number of nitrogens with zero attached hydrogens (tertiary/aromatic N) is 2. The van der Waals surface area contributed by atoms with Gasteiger partial charge in [0, 0.05) is 32.7 Å². The van der Waals surface area contributed by atoms with Crippen LogP contribution in [0.3, 0.4) is 0 Å². The predicted octanol–water partition coefficient (Wildman–Crippen LogP) is 3.43. The monoisotopic (exact) mass is 423 g/mol. The molecule has 0 aromatic heterocycles. The standard InChI is InChI=1S/C16H23F2N3.HI/c1-12-4-7-21(8-5-12)16(19-2)20-6-3-13-9-14(17)11-15(18)10-13;/h9-12H,3-8H2,1-2H3,(H,19,20);1H. The van der Waals surface area contributed by atoms with Crippen LogP contribution in [0, 0.1) is 17.6 Å². The summed E-state index contributed by atoms with van der Waals surface area (Å²) in [5.74, 6) is 0.590. The van der Waals surface area contributed by atoms with Gasteiger partial charge in [-0.05, 0) is 42.9 Å². The van der Waals surface area contributed by atoms with E-state index in [0.717, 1.165) is 31.0 Å². The minimum absolute atomic E-state index is 0. The van der Waals surface area contributed by atoms with Gasteiger partial charge in [-0.1, -0.05) is 6.92 Å². The first kappa shape index (κ1) is 19.1. The number of benzene rings is 1. The Kier molecular flexibility index (Phi) is 8.06. The van der Waals surface area contributed by atoms with Crippen molar-refractivity contribution in [2.24, 2.45) is 10.9 Å². The lowest BCUT2D eigenvalue weighted by Gasteiger charge is -2.32. The van der Waals surface area contributed by atoms with Gasteiger partial charge in [-0.2, -0.15) is 0 Å². The Balaban J connectivity index is 0.00000242. The maximum Gasteiger partial charge on any atom is 0.193 e. The molecular weight excluding hydrogens is 399 g/mol. The molecule has 1 saturated heterocycles. The Bertz CT molecular complexity index is 480. The first-order valence-electron chi connectivity index (χ1n) is 7.49. The zero-order valence-corrected chi connectivity index (χ0v) is 15.4. The van der Waals surface area contributed by atoms with Crippen molar-refractivity contribution >= 4 is 29.9 Å². The molecule has 0 saturated carbocycles. The molecule has 1 aliphatic heterocycles. The fraction of sp³-hybridized carbons (Fsp3) is 0.562. The van der Waals surface area contributed by atoms with E-state index in [0.29, 0.717) is 18.5 Å². The Morgan fingerprint density at radius 2 is 1.82 bits per heavy atom. The van der Waals surface area contributed by atoms with Gasteiger partial charge in [-0.25, -0.2) is 8.78 Å². The van der Waals surface area contributed by atoms with Crippen LogP contribution < -0.4 is 5.32 Å². The first-order chi connectivity index (χ1) is 10.1. The van der Waals surface area contributed by atoms with Crippen LogP contribution in [0.25, 0.3) is 0 Å². The zero-order chi connectivity index (χ0) is 15.2. The van der Waals surface area contributed by atoms with Crippen molar-refractivity contribution in [2.45, 2.75) is 26.2 Å². The van der Waals surface area contributed by atoms with Crippen LogP contribution in [0.15, 0.2) is 23.2 Å². The van der Waals surface area contributed by atoms with Crippen molar-refractivity contribution in [1.82, 2.24) is 10.2 Å². The van der Waals surface area contributed by atoms with E-state index in [9.17, 15) is 8.78 Å². The largest absolute Gasteiger partial charge is 0.356 e. The van der Waals surface area contributed by atoms with Crippen molar-refractivity contribution in [1.29, 1.82) is 0 Å². The molecule has 6 heteroatoms. The Morgan fingerprint density at radius 1 is 1.23 bits per heavy atom. The van der Waals surface area contributed by atoms with E-state index in [2.05, 4.69) is 22.1 Å². The SMILES string of the molecule is CN=C(NCCc1cc(F)cc(F)c1)N1CCC(C)CC1.I. The van der Waals surface area contributed by atoms with Crippen LogP contribution in [0.1, 0.15) is 25.3 Å². The lowest BCUT2D eigenvalue weighted by molar-refractivity contribution is 0.273. The lowest BCUT2D eigenvalue weighted by Crippen LogP contribution is -2.45. The van der Waals surface area contributed by atoms with E-state index in [1.165, 1.54) is 25.0 Å². The predicted molar refractivity (Wildman–Crippen MR) is 96.8 cm³/mol. The molecule has 0 amide bonds. The molecular formula is C16H24F2IN3. The van der Waals surface area contributed by atoms with Gasteiger partial charge >= 0.3 is 0 Å². The van der Waals surface area contributed by atoms with Gasteiger partial charge in [0.2, 0.25) is 0 Å². The summed E-state index contributed by atoms with van der Waals surface area (Å²) in [6, 6.07) is 3.64. The third-order valence-corrected chi connectivity index (χ3v) is 3.91. The minimum Gasteiger partial charge on any atom is -0.356 e. The van der Waals surface area contributed by atoms with Gasteiger partial charge < -0.3 is 10.2 Å². The minimum atomic E-state index is -0.528. The number of rotatable bonds is 3. The van der Waals surface area contributed by atoms with Gasteiger partial charge in [0.1, 0.15) is 11.6 Å². The van der Waals surface area contributed by atoms with Crippen molar-refractivity contribution < 1.29 is 8.78 Å². The third kappa shape index (κ3) is 5.70. The number of hydrogen-bond acceptors (Lipinski definition) is 1. The Morgan fingerprint density at radius 3 is 2.36 bits per heavy atom. The van der Waals surface area contributed by atoms with Crippen LogP contribution in [0.4, 0.5) is 8.78 Å². The molecule has 0 radical (unpaired) electrons. The second-order valence-electron chi connectivity index (χ2n) is 5.67. The molecule has 1 aromatic carbocycles. The summed E-state index contributed by atoms with van der Waals surface area (Å²) in [4.78, 5) is 6.53. The van der Waals surface area contributed by atoms with Crippen LogP contribution in [0.2, 0.25) is 0 Å². The van der Waals surface area contributed by atoms with E-state index >= 15 is 0 Å². The van der Waals surface area contributed by atoms with Crippen LogP contribution in [-0.2, 0) is 6.42 Å². The molecule has 22 heavy (non-hydrogen) atoms. The normalized spacial score (nSPS) is 16.4. The van der Waals surface area contributed by atoms with Gasteiger partial charge in [0.05, 0.1) is 0 Å². The fourth-order valence-corrected chi connectivity index (χ4v) is 2.63. The molecule has 1 N–H and O–H groups in total. The molecule has 1 aromatic rings. The molecule has 124 valence electrons. The van der Waals surface area contributed by atoms with Crippen molar-refractivity contribution in [3.05, 3.63) is 35.4 Å². The third-order valence-electron chi connectivity index (χ3n) is 3.91. The topological polar surface area (TPSA) is 27.6 Å². The molecule has 1 heterocycles. The fourth-order valence-electron chi connectivity index (χ4n) is 2.63. The van der Waals surface area contributed by atoms with E-state index in [-0.39, 0.29) is 24.0 Å². The quantitative estimate of drug-likeness (QED) is 0.459. The first-order valence-corrected chi connectivity index (χ1v) is 7.49. The van der Waals surface area contributed by atoms with Gasteiger partial charge in [-0.15, -0.1) is 24.0 Å². The van der Waals surface area contributed by atoms with E-state index in [1.54, 1.807) is 7.05 Å². The Hall–Kier alpha value is -0.920. The highest BCUT2D eigenvalue weighted by Gasteiger charge is 2.18. The maximum atomic E-state index is 13.1. The molecule has 0 spiro atoms. The summed E-state index contributed by atoms with van der Waals surface area (Å²) in [5.41, 5.74) is 0.655. The highest BCUT2D eigenvalue weighted by Crippen LogP contribution is 2.15. The number of nitrogens with one attached hydrogen (secondary N) is 1. The maximum absolute atomic E-state index is 13.1. The number of halogens is 3. The van der Waals surface area contributed by atoms with Gasteiger partial charge in [0.25, 0.3) is 0 Å². The Labute approximate surface area is 148 Å². The number of likely N-dealkylation sites (tertiary alicyclic amines) is 1. The van der Waals surface area contributed by atoms with E-state index in [4.69, 9.17) is 0 Å². The van der Waals surface area contributed by atoms with Crippen LogP contribution in [-0.4, -0.2) is 37.5 Å². The number of guanidine groups is 1. The zero-order valence-electron chi connectivity index (χ0n) is 13.1. The average molecular weight is 423 g/mol. The van der Waals surface area contributed by atoms with Crippen LogP contribution in [0.5, 0.6) is 0 Å². The second-order valence-corrected chi connectivity index (χ2v) is 5.67. The summed E-state index contributed by atoms with van der Waals surface area (Å²) < 4.78 is 26.2. The molecule has 0 unspecified atom stereocenters. The smallest absolute Gasteiger partial charge is 0.193 e. The highest BCUT2D eigenvalue weighted by atomic mass is 127. The molecule has 0 bridgehead atoms. The number of hydrogen-bond donors (Lipinski definition) is 1. The van der Waals surface area contributed by atoms with E-state index in [1.807, 2.05) is 0 Å². The van der Waals surface area contributed by atoms with Crippen molar-refractivity contribution in [3.8, 4) is 0 Å². The summed E-state index contributed by atoms with van der Waals surface area (Å²) >= 11 is 0. The van der Waals surface area contributed by atoms with E-state index < -0.39 is 11.6 Å². The summed E-state index contributed by atoms with van der Waals surface area (Å²) in [6.07, 6.45) is 2.92. The summed E-state index contributed by atoms with van der Waals surface area (Å²) in [6.45, 7) is 4.90. The van der Waals surface area contributed by atoms with Crippen LogP contribution >= 0.6 is 24.0 Å². The average Bonchev–Trinajstić information content (AvgIpc) is 2.44. The van der Waals surface area contributed by atoms with Crippen molar-refractivity contribution in [2.75, 3.05) is 26.7 Å². The molecule has 1 fully saturated rings. The highest BCUT2D eigenvalue weighted by molar-refractivity contribution is 14.0. The number of aliphatic imine (C=N–C) groups is 1. The van der Waals surface area contributed by atoms with Gasteiger partial charge in [0.15, 0.2) is 5.96 Å². The molecule has 0 aliphatic carbocycles.